The number of hydrogen-bond acceptors (Lipinski definition) is 2. The van der Waals surface area contributed by atoms with Gasteiger partial charge in [-0.2, -0.15) is 0 Å². The van der Waals surface area contributed by atoms with E-state index in [1.54, 1.807) is 6.92 Å². The van der Waals surface area contributed by atoms with Gasteiger partial charge in [0, 0.05) is 0 Å². The molecule has 0 saturated heterocycles. The molecule has 2 N–H and O–H groups in total. The van der Waals surface area contributed by atoms with Gasteiger partial charge in [-0.15, -0.1) is 0 Å². The standard InChI is InChI=1S/C12H17BrO2/c1-6(14)5-10-7(2)8(3)12(15)11(13)9(10)4/h6,14-15H,5H2,1-4H3. The Morgan fingerprint density at radius 1 is 1.13 bits per heavy atom. The summed E-state index contributed by atoms with van der Waals surface area (Å²) in [5.74, 6) is 0.305. The van der Waals surface area contributed by atoms with Gasteiger partial charge < -0.3 is 10.2 Å². The summed E-state index contributed by atoms with van der Waals surface area (Å²) in [5.41, 5.74) is 4.07. The third kappa shape index (κ3) is 2.34. The fraction of sp³-hybridized carbons (Fsp3) is 0.500. The molecule has 2 nitrogen and oxygen atoms in total. The summed E-state index contributed by atoms with van der Waals surface area (Å²) in [5, 5.41) is 19.2. The van der Waals surface area contributed by atoms with E-state index in [2.05, 4.69) is 15.9 Å². The molecule has 0 spiro atoms. The average Bonchev–Trinajstić information content (AvgIpc) is 2.18. The van der Waals surface area contributed by atoms with Crippen LogP contribution in [-0.4, -0.2) is 16.3 Å². The van der Waals surface area contributed by atoms with E-state index >= 15 is 0 Å². The fourth-order valence-corrected chi connectivity index (χ4v) is 2.30. The Labute approximate surface area is 99.1 Å². The first kappa shape index (κ1) is 12.5. The lowest BCUT2D eigenvalue weighted by molar-refractivity contribution is 0.195. The molecule has 0 amide bonds. The second kappa shape index (κ2) is 4.54. The number of aromatic hydroxyl groups is 1. The number of halogens is 1. The maximum Gasteiger partial charge on any atom is 0.133 e. The van der Waals surface area contributed by atoms with E-state index in [0.717, 1.165) is 26.7 Å². The first-order valence-corrected chi connectivity index (χ1v) is 5.80. The van der Waals surface area contributed by atoms with Crippen LogP contribution in [0.25, 0.3) is 0 Å². The molecule has 15 heavy (non-hydrogen) atoms. The molecule has 0 heterocycles. The SMILES string of the molecule is Cc1c(C)c(CC(C)O)c(C)c(Br)c1O. The van der Waals surface area contributed by atoms with E-state index in [4.69, 9.17) is 0 Å². The second-order valence-electron chi connectivity index (χ2n) is 4.07. The Kier molecular flexibility index (Phi) is 3.79. The molecular weight excluding hydrogens is 256 g/mol. The van der Waals surface area contributed by atoms with Gasteiger partial charge in [0.15, 0.2) is 0 Å². The summed E-state index contributed by atoms with van der Waals surface area (Å²) < 4.78 is 0.737. The molecule has 0 fully saturated rings. The van der Waals surface area contributed by atoms with Gasteiger partial charge in [-0.05, 0) is 72.3 Å². The van der Waals surface area contributed by atoms with Crippen molar-refractivity contribution in [3.05, 3.63) is 26.7 Å². The van der Waals surface area contributed by atoms with Gasteiger partial charge in [-0.3, -0.25) is 0 Å². The zero-order valence-corrected chi connectivity index (χ0v) is 11.1. The molecule has 3 heteroatoms. The fourth-order valence-electron chi connectivity index (χ4n) is 1.76. The number of aliphatic hydroxyl groups excluding tert-OH is 1. The molecule has 1 rings (SSSR count). The lowest BCUT2D eigenvalue weighted by Crippen LogP contribution is -2.09. The highest BCUT2D eigenvalue weighted by Crippen LogP contribution is 2.36. The summed E-state index contributed by atoms with van der Waals surface area (Å²) in [6.07, 6.45) is 0.260. The smallest absolute Gasteiger partial charge is 0.133 e. The maximum absolute atomic E-state index is 9.82. The van der Waals surface area contributed by atoms with Gasteiger partial charge in [0.25, 0.3) is 0 Å². The Bertz CT molecular complexity index is 355. The first-order chi connectivity index (χ1) is 6.86. The minimum atomic E-state index is -0.363. The number of aliphatic hydroxyl groups is 1. The van der Waals surface area contributed by atoms with E-state index in [0.29, 0.717) is 12.2 Å². The zero-order valence-electron chi connectivity index (χ0n) is 9.56. The topological polar surface area (TPSA) is 40.5 Å². The summed E-state index contributed by atoms with van der Waals surface area (Å²) in [4.78, 5) is 0. The normalized spacial score (nSPS) is 12.9. The van der Waals surface area contributed by atoms with Crippen LogP contribution in [0.15, 0.2) is 4.47 Å². The molecule has 0 aliphatic rings. The molecule has 0 aliphatic heterocycles. The van der Waals surface area contributed by atoms with Crippen LogP contribution >= 0.6 is 15.9 Å². The highest BCUT2D eigenvalue weighted by Gasteiger charge is 2.15. The molecule has 84 valence electrons. The quantitative estimate of drug-likeness (QED) is 0.869. The summed E-state index contributed by atoms with van der Waals surface area (Å²) in [7, 11) is 0. The molecule has 0 aromatic heterocycles. The van der Waals surface area contributed by atoms with Crippen LogP contribution in [-0.2, 0) is 6.42 Å². The van der Waals surface area contributed by atoms with Crippen LogP contribution in [0.4, 0.5) is 0 Å². The van der Waals surface area contributed by atoms with Gasteiger partial charge in [-0.25, -0.2) is 0 Å². The van der Waals surface area contributed by atoms with Gasteiger partial charge in [-0.1, -0.05) is 0 Å². The van der Waals surface area contributed by atoms with Crippen molar-refractivity contribution < 1.29 is 10.2 Å². The molecule has 0 saturated carbocycles. The first-order valence-electron chi connectivity index (χ1n) is 5.01. The van der Waals surface area contributed by atoms with Crippen molar-refractivity contribution in [2.24, 2.45) is 0 Å². The number of benzene rings is 1. The van der Waals surface area contributed by atoms with Crippen LogP contribution in [0.5, 0.6) is 5.75 Å². The van der Waals surface area contributed by atoms with Crippen molar-refractivity contribution in [3.8, 4) is 5.75 Å². The average molecular weight is 273 g/mol. The maximum atomic E-state index is 9.82. The molecule has 1 unspecified atom stereocenters. The van der Waals surface area contributed by atoms with E-state index in [9.17, 15) is 10.2 Å². The number of hydrogen-bond donors (Lipinski definition) is 2. The third-order valence-corrected chi connectivity index (χ3v) is 3.83. The van der Waals surface area contributed by atoms with Crippen LogP contribution < -0.4 is 0 Å². The summed E-state index contributed by atoms with van der Waals surface area (Å²) in [6.45, 7) is 7.59. The highest BCUT2D eigenvalue weighted by molar-refractivity contribution is 9.10. The summed E-state index contributed by atoms with van der Waals surface area (Å²) >= 11 is 3.37. The van der Waals surface area contributed by atoms with E-state index in [-0.39, 0.29) is 6.10 Å². The zero-order chi connectivity index (χ0) is 11.7. The molecular formula is C12H17BrO2. The van der Waals surface area contributed by atoms with E-state index in [1.165, 1.54) is 0 Å². The number of rotatable bonds is 2. The lowest BCUT2D eigenvalue weighted by Gasteiger charge is -2.17. The van der Waals surface area contributed by atoms with E-state index < -0.39 is 0 Å². The molecule has 0 bridgehead atoms. The van der Waals surface area contributed by atoms with Gasteiger partial charge in [0.05, 0.1) is 10.6 Å². The van der Waals surface area contributed by atoms with Crippen molar-refractivity contribution in [1.82, 2.24) is 0 Å². The Hall–Kier alpha value is -0.540. The Morgan fingerprint density at radius 2 is 1.67 bits per heavy atom. The highest BCUT2D eigenvalue weighted by atomic mass is 79.9. The van der Waals surface area contributed by atoms with Crippen LogP contribution in [0, 0.1) is 20.8 Å². The van der Waals surface area contributed by atoms with Crippen molar-refractivity contribution in [2.45, 2.75) is 40.2 Å². The predicted molar refractivity (Wildman–Crippen MR) is 65.4 cm³/mol. The molecule has 0 aliphatic carbocycles. The van der Waals surface area contributed by atoms with Crippen molar-refractivity contribution in [1.29, 1.82) is 0 Å². The van der Waals surface area contributed by atoms with Crippen molar-refractivity contribution >= 4 is 15.9 Å². The molecule has 1 atom stereocenters. The lowest BCUT2D eigenvalue weighted by atomic mass is 9.94. The van der Waals surface area contributed by atoms with Crippen LogP contribution in [0.3, 0.4) is 0 Å². The molecule has 1 aromatic rings. The predicted octanol–water partition coefficient (Wildman–Crippen LogP) is 3.00. The molecule has 0 radical (unpaired) electrons. The van der Waals surface area contributed by atoms with Crippen molar-refractivity contribution in [3.63, 3.8) is 0 Å². The number of phenolic OH excluding ortho intramolecular Hbond substituents is 1. The monoisotopic (exact) mass is 272 g/mol. The minimum absolute atomic E-state index is 0.305. The second-order valence-corrected chi connectivity index (χ2v) is 4.86. The van der Waals surface area contributed by atoms with Gasteiger partial charge >= 0.3 is 0 Å². The van der Waals surface area contributed by atoms with Gasteiger partial charge in [0.2, 0.25) is 0 Å². The Morgan fingerprint density at radius 3 is 2.13 bits per heavy atom. The van der Waals surface area contributed by atoms with Gasteiger partial charge in [0.1, 0.15) is 5.75 Å². The summed E-state index contributed by atoms with van der Waals surface area (Å²) in [6, 6.07) is 0. The van der Waals surface area contributed by atoms with Crippen molar-refractivity contribution in [2.75, 3.05) is 0 Å². The minimum Gasteiger partial charge on any atom is -0.506 e. The van der Waals surface area contributed by atoms with Crippen LogP contribution in [0.2, 0.25) is 0 Å². The number of phenols is 1. The Balaban J connectivity index is 3.39. The molecule has 1 aromatic carbocycles. The van der Waals surface area contributed by atoms with E-state index in [1.807, 2.05) is 20.8 Å². The van der Waals surface area contributed by atoms with Crippen LogP contribution in [0.1, 0.15) is 29.2 Å². The third-order valence-electron chi connectivity index (χ3n) is 2.86. The largest absolute Gasteiger partial charge is 0.506 e.